The lowest BCUT2D eigenvalue weighted by Gasteiger charge is -2.14. The molecule has 126 valence electrons. The van der Waals surface area contributed by atoms with E-state index in [0.717, 1.165) is 12.8 Å². The second-order valence-electron chi connectivity index (χ2n) is 5.58. The summed E-state index contributed by atoms with van der Waals surface area (Å²) in [7, 11) is 0. The van der Waals surface area contributed by atoms with E-state index in [2.05, 4.69) is 5.32 Å². The number of hydrogen-bond donors (Lipinski definition) is 1. The number of ether oxygens (including phenoxy) is 1. The van der Waals surface area contributed by atoms with E-state index in [4.69, 9.17) is 4.74 Å². The fourth-order valence-electron chi connectivity index (χ4n) is 2.22. The van der Waals surface area contributed by atoms with Gasteiger partial charge in [0.1, 0.15) is 5.82 Å². The van der Waals surface area contributed by atoms with Gasteiger partial charge in [0.15, 0.2) is 6.61 Å². The molecule has 1 N–H and O–H groups in total. The molecule has 5 heteroatoms. The Kier molecular flexibility index (Phi) is 6.49. The summed E-state index contributed by atoms with van der Waals surface area (Å²) < 4.78 is 17.7. The lowest BCUT2D eigenvalue weighted by Crippen LogP contribution is -2.36. The van der Waals surface area contributed by atoms with Crippen molar-refractivity contribution in [2.75, 3.05) is 6.61 Å². The Labute approximate surface area is 140 Å². The van der Waals surface area contributed by atoms with E-state index in [1.54, 1.807) is 0 Å². The maximum absolute atomic E-state index is 12.8. The van der Waals surface area contributed by atoms with Gasteiger partial charge in [0.25, 0.3) is 5.91 Å². The first kappa shape index (κ1) is 17.7. The molecule has 2 aromatic carbocycles. The average Bonchev–Trinajstić information content (AvgIpc) is 2.59. The van der Waals surface area contributed by atoms with E-state index in [-0.39, 0.29) is 24.1 Å². The van der Waals surface area contributed by atoms with Crippen LogP contribution >= 0.6 is 0 Å². The van der Waals surface area contributed by atoms with Gasteiger partial charge in [-0.15, -0.1) is 0 Å². The molecule has 0 aliphatic rings. The molecule has 0 aliphatic carbocycles. The van der Waals surface area contributed by atoms with Gasteiger partial charge in [-0.1, -0.05) is 30.3 Å². The van der Waals surface area contributed by atoms with E-state index in [9.17, 15) is 14.0 Å². The molecule has 0 saturated carbocycles. The highest BCUT2D eigenvalue weighted by molar-refractivity contribution is 5.91. The van der Waals surface area contributed by atoms with Gasteiger partial charge in [-0.3, -0.25) is 4.79 Å². The van der Waals surface area contributed by atoms with Gasteiger partial charge >= 0.3 is 5.97 Å². The number of aryl methyl sites for hydroxylation is 1. The van der Waals surface area contributed by atoms with Crippen LogP contribution in [-0.2, 0) is 16.0 Å². The number of nitrogens with one attached hydrogen (secondary N) is 1. The highest BCUT2D eigenvalue weighted by Crippen LogP contribution is 2.06. The van der Waals surface area contributed by atoms with Crippen molar-refractivity contribution in [1.29, 1.82) is 0 Å². The molecule has 24 heavy (non-hydrogen) atoms. The number of benzene rings is 2. The molecular formula is C19H20FNO3. The largest absolute Gasteiger partial charge is 0.452 e. The molecule has 2 aromatic rings. The quantitative estimate of drug-likeness (QED) is 0.794. The van der Waals surface area contributed by atoms with Crippen LogP contribution in [0.2, 0.25) is 0 Å². The van der Waals surface area contributed by atoms with Gasteiger partial charge in [-0.05, 0) is 49.6 Å². The number of halogens is 1. The Morgan fingerprint density at radius 1 is 1.08 bits per heavy atom. The SMILES string of the molecule is C[C@@H](CCc1ccccc1)NC(=O)COC(=O)c1ccc(F)cc1. The first-order valence-electron chi connectivity index (χ1n) is 7.80. The molecule has 1 atom stereocenters. The molecule has 0 radical (unpaired) electrons. The molecule has 0 spiro atoms. The zero-order valence-corrected chi connectivity index (χ0v) is 13.5. The molecule has 1 amide bonds. The fraction of sp³-hybridized carbons (Fsp3) is 0.263. The van der Waals surface area contributed by atoms with Crippen LogP contribution in [0.4, 0.5) is 4.39 Å². The minimum Gasteiger partial charge on any atom is -0.452 e. The molecular weight excluding hydrogens is 309 g/mol. The lowest BCUT2D eigenvalue weighted by molar-refractivity contribution is -0.124. The Morgan fingerprint density at radius 3 is 2.42 bits per heavy atom. The summed E-state index contributed by atoms with van der Waals surface area (Å²) in [6, 6.07) is 15.0. The van der Waals surface area contributed by atoms with Crippen LogP contribution in [0.5, 0.6) is 0 Å². The predicted molar refractivity (Wildman–Crippen MR) is 89.1 cm³/mol. The molecule has 0 fully saturated rings. The zero-order chi connectivity index (χ0) is 17.4. The van der Waals surface area contributed by atoms with Crippen molar-refractivity contribution in [3.05, 3.63) is 71.5 Å². The predicted octanol–water partition coefficient (Wildman–Crippen LogP) is 3.12. The highest BCUT2D eigenvalue weighted by Gasteiger charge is 2.12. The number of rotatable bonds is 7. The summed E-state index contributed by atoms with van der Waals surface area (Å²) in [6.07, 6.45) is 1.65. The van der Waals surface area contributed by atoms with Gasteiger partial charge in [0.2, 0.25) is 0 Å². The molecule has 2 rings (SSSR count). The van der Waals surface area contributed by atoms with Crippen molar-refractivity contribution in [1.82, 2.24) is 5.32 Å². The molecule has 0 aromatic heterocycles. The highest BCUT2D eigenvalue weighted by atomic mass is 19.1. The van der Waals surface area contributed by atoms with Crippen molar-refractivity contribution in [3.63, 3.8) is 0 Å². The Morgan fingerprint density at radius 2 is 1.75 bits per heavy atom. The minimum atomic E-state index is -0.651. The third-order valence-electron chi connectivity index (χ3n) is 3.53. The molecule has 0 unspecified atom stereocenters. The fourth-order valence-corrected chi connectivity index (χ4v) is 2.22. The van der Waals surface area contributed by atoms with E-state index >= 15 is 0 Å². The normalized spacial score (nSPS) is 11.6. The van der Waals surface area contributed by atoms with Crippen molar-refractivity contribution in [2.45, 2.75) is 25.8 Å². The first-order chi connectivity index (χ1) is 11.5. The topological polar surface area (TPSA) is 55.4 Å². The van der Waals surface area contributed by atoms with E-state index in [1.165, 1.54) is 29.8 Å². The third kappa shape index (κ3) is 5.83. The Hall–Kier alpha value is -2.69. The van der Waals surface area contributed by atoms with Crippen LogP contribution < -0.4 is 5.32 Å². The summed E-state index contributed by atoms with van der Waals surface area (Å²) in [6.45, 7) is 1.55. The minimum absolute atomic E-state index is 0.0257. The molecule has 4 nitrogen and oxygen atoms in total. The number of esters is 1. The van der Waals surface area contributed by atoms with Gasteiger partial charge in [0.05, 0.1) is 5.56 Å². The van der Waals surface area contributed by atoms with Crippen molar-refractivity contribution < 1.29 is 18.7 Å². The smallest absolute Gasteiger partial charge is 0.338 e. The maximum atomic E-state index is 12.8. The van der Waals surface area contributed by atoms with Crippen LogP contribution in [0, 0.1) is 5.82 Å². The molecule has 0 aliphatic heterocycles. The Bertz CT molecular complexity index is 671. The lowest BCUT2D eigenvalue weighted by atomic mass is 10.1. The van der Waals surface area contributed by atoms with Crippen LogP contribution in [-0.4, -0.2) is 24.5 Å². The second-order valence-corrected chi connectivity index (χ2v) is 5.58. The maximum Gasteiger partial charge on any atom is 0.338 e. The van der Waals surface area contributed by atoms with E-state index in [0.29, 0.717) is 0 Å². The second kappa shape index (κ2) is 8.82. The zero-order valence-electron chi connectivity index (χ0n) is 13.5. The van der Waals surface area contributed by atoms with E-state index < -0.39 is 11.8 Å². The van der Waals surface area contributed by atoms with Gasteiger partial charge in [-0.2, -0.15) is 0 Å². The number of carbonyl (C=O) groups excluding carboxylic acids is 2. The monoisotopic (exact) mass is 329 g/mol. The van der Waals surface area contributed by atoms with Crippen molar-refractivity contribution >= 4 is 11.9 Å². The summed E-state index contributed by atoms with van der Waals surface area (Å²) in [5.41, 5.74) is 1.42. The van der Waals surface area contributed by atoms with Crippen LogP contribution in [0.3, 0.4) is 0 Å². The van der Waals surface area contributed by atoms with Crippen LogP contribution in [0.15, 0.2) is 54.6 Å². The van der Waals surface area contributed by atoms with Crippen molar-refractivity contribution in [2.24, 2.45) is 0 Å². The van der Waals surface area contributed by atoms with Crippen LogP contribution in [0.1, 0.15) is 29.3 Å². The number of amides is 1. The van der Waals surface area contributed by atoms with E-state index in [1.807, 2.05) is 37.3 Å². The first-order valence-corrected chi connectivity index (χ1v) is 7.80. The number of carbonyl (C=O) groups is 2. The van der Waals surface area contributed by atoms with Crippen molar-refractivity contribution in [3.8, 4) is 0 Å². The number of hydrogen-bond acceptors (Lipinski definition) is 3. The standard InChI is InChI=1S/C19H20FNO3/c1-14(7-8-15-5-3-2-4-6-15)21-18(22)13-24-19(23)16-9-11-17(20)12-10-16/h2-6,9-12,14H,7-8,13H2,1H3,(H,21,22)/t14-/m0/s1. The summed E-state index contributed by atoms with van der Waals surface area (Å²) in [5, 5.41) is 2.79. The molecule has 0 heterocycles. The molecule has 0 saturated heterocycles. The Balaban J connectivity index is 1.70. The summed E-state index contributed by atoms with van der Waals surface area (Å²) in [4.78, 5) is 23.5. The van der Waals surface area contributed by atoms with Gasteiger partial charge < -0.3 is 10.1 Å². The van der Waals surface area contributed by atoms with Gasteiger partial charge in [-0.25, -0.2) is 9.18 Å². The summed E-state index contributed by atoms with van der Waals surface area (Å²) in [5.74, 6) is -1.44. The third-order valence-corrected chi connectivity index (χ3v) is 3.53. The molecule has 0 bridgehead atoms. The average molecular weight is 329 g/mol. The summed E-state index contributed by atoms with van der Waals surface area (Å²) >= 11 is 0. The van der Waals surface area contributed by atoms with Crippen LogP contribution in [0.25, 0.3) is 0 Å². The van der Waals surface area contributed by atoms with Gasteiger partial charge in [0, 0.05) is 6.04 Å².